The zero-order chi connectivity index (χ0) is 16.3. The standard InChI is InChI=1S/C19H26O3/c1-11-15(20)14-12(16(21)17(11)22-5)7-8-13-18(2,3)9-6-10-19(13,14)4/h8,12,14H,6-7,9-10H2,1-5H3. The molecule has 3 nitrogen and oxygen atoms in total. The number of fused-ring (bicyclic) bond motifs is 3. The van der Waals surface area contributed by atoms with Gasteiger partial charge in [-0.05, 0) is 37.0 Å². The minimum atomic E-state index is -0.242. The maximum Gasteiger partial charge on any atom is 0.201 e. The molecule has 0 aliphatic heterocycles. The zero-order valence-corrected chi connectivity index (χ0v) is 14.3. The summed E-state index contributed by atoms with van der Waals surface area (Å²) in [5.41, 5.74) is 1.85. The second-order valence-electron chi connectivity index (χ2n) is 7.98. The van der Waals surface area contributed by atoms with Gasteiger partial charge in [-0.25, -0.2) is 0 Å². The first-order valence-corrected chi connectivity index (χ1v) is 8.28. The van der Waals surface area contributed by atoms with E-state index < -0.39 is 0 Å². The van der Waals surface area contributed by atoms with Gasteiger partial charge in [0.2, 0.25) is 5.78 Å². The summed E-state index contributed by atoms with van der Waals surface area (Å²) < 4.78 is 5.23. The summed E-state index contributed by atoms with van der Waals surface area (Å²) >= 11 is 0. The van der Waals surface area contributed by atoms with Gasteiger partial charge in [0.15, 0.2) is 11.5 Å². The van der Waals surface area contributed by atoms with E-state index in [0.29, 0.717) is 12.0 Å². The molecule has 0 radical (unpaired) electrons. The third-order valence-electron chi connectivity index (χ3n) is 6.26. The summed E-state index contributed by atoms with van der Waals surface area (Å²) in [4.78, 5) is 25.8. The Balaban J connectivity index is 2.14. The topological polar surface area (TPSA) is 43.4 Å². The highest BCUT2D eigenvalue weighted by Gasteiger charge is 2.57. The van der Waals surface area contributed by atoms with Gasteiger partial charge < -0.3 is 4.74 Å². The van der Waals surface area contributed by atoms with Gasteiger partial charge in [-0.2, -0.15) is 0 Å². The molecular weight excluding hydrogens is 276 g/mol. The fourth-order valence-electron chi connectivity index (χ4n) is 5.28. The number of allylic oxidation sites excluding steroid dienone is 4. The number of hydrogen-bond donors (Lipinski definition) is 0. The number of rotatable bonds is 1. The lowest BCUT2D eigenvalue weighted by molar-refractivity contribution is -0.138. The molecule has 0 saturated heterocycles. The molecule has 1 fully saturated rings. The molecular formula is C19H26O3. The van der Waals surface area contributed by atoms with Gasteiger partial charge in [0.25, 0.3) is 0 Å². The van der Waals surface area contributed by atoms with Crippen molar-refractivity contribution >= 4 is 11.6 Å². The van der Waals surface area contributed by atoms with E-state index in [0.717, 1.165) is 19.3 Å². The van der Waals surface area contributed by atoms with Gasteiger partial charge >= 0.3 is 0 Å². The van der Waals surface area contributed by atoms with Gasteiger partial charge in [0, 0.05) is 17.4 Å². The van der Waals surface area contributed by atoms with Crippen LogP contribution in [0.3, 0.4) is 0 Å². The van der Waals surface area contributed by atoms with Crippen molar-refractivity contribution in [3.63, 3.8) is 0 Å². The first-order chi connectivity index (χ1) is 10.2. The van der Waals surface area contributed by atoms with E-state index in [1.54, 1.807) is 6.92 Å². The second-order valence-corrected chi connectivity index (χ2v) is 7.98. The molecule has 0 heterocycles. The van der Waals surface area contributed by atoms with Crippen molar-refractivity contribution in [2.75, 3.05) is 7.11 Å². The zero-order valence-electron chi connectivity index (χ0n) is 14.3. The number of hydrogen-bond acceptors (Lipinski definition) is 3. The minimum Gasteiger partial charge on any atom is -0.493 e. The molecule has 0 aromatic rings. The maximum absolute atomic E-state index is 13.0. The lowest BCUT2D eigenvalue weighted by Crippen LogP contribution is -2.52. The van der Waals surface area contributed by atoms with Crippen LogP contribution in [0.2, 0.25) is 0 Å². The van der Waals surface area contributed by atoms with Crippen molar-refractivity contribution in [3.05, 3.63) is 23.0 Å². The Hall–Kier alpha value is -1.38. The van der Waals surface area contributed by atoms with Gasteiger partial charge in [0.1, 0.15) is 0 Å². The van der Waals surface area contributed by atoms with Crippen molar-refractivity contribution < 1.29 is 14.3 Å². The van der Waals surface area contributed by atoms with Crippen LogP contribution < -0.4 is 0 Å². The molecule has 1 saturated carbocycles. The van der Waals surface area contributed by atoms with Gasteiger partial charge in [-0.3, -0.25) is 9.59 Å². The van der Waals surface area contributed by atoms with E-state index in [1.165, 1.54) is 12.7 Å². The van der Waals surface area contributed by atoms with E-state index in [2.05, 4.69) is 26.8 Å². The molecule has 3 heteroatoms. The van der Waals surface area contributed by atoms with E-state index in [-0.39, 0.29) is 40.0 Å². The molecule has 0 aromatic carbocycles. The monoisotopic (exact) mass is 302 g/mol. The Morgan fingerprint density at radius 3 is 2.45 bits per heavy atom. The first kappa shape index (κ1) is 15.5. The number of methoxy groups -OCH3 is 1. The van der Waals surface area contributed by atoms with Crippen LogP contribution in [0.5, 0.6) is 0 Å². The summed E-state index contributed by atoms with van der Waals surface area (Å²) in [6.45, 7) is 8.49. The molecule has 3 unspecified atom stereocenters. The third-order valence-corrected chi connectivity index (χ3v) is 6.26. The van der Waals surface area contributed by atoms with E-state index >= 15 is 0 Å². The van der Waals surface area contributed by atoms with Crippen LogP contribution in [0, 0.1) is 22.7 Å². The normalized spacial score (nSPS) is 37.4. The SMILES string of the molecule is COC1=C(C)C(=O)C2C(CC=C3C(C)(C)CCCC32C)C1=O. The minimum absolute atomic E-state index is 0.0181. The number of ether oxygens (including phenoxy) is 1. The fraction of sp³-hybridized carbons (Fsp3) is 0.684. The van der Waals surface area contributed by atoms with Gasteiger partial charge in [0.05, 0.1) is 7.11 Å². The maximum atomic E-state index is 13.0. The molecule has 120 valence electrons. The molecule has 0 spiro atoms. The van der Waals surface area contributed by atoms with Crippen LogP contribution in [0.15, 0.2) is 23.0 Å². The Labute approximate surface area is 132 Å². The number of ketones is 2. The molecule has 3 aliphatic carbocycles. The van der Waals surface area contributed by atoms with Crippen molar-refractivity contribution in [1.29, 1.82) is 0 Å². The predicted molar refractivity (Wildman–Crippen MR) is 85.1 cm³/mol. The summed E-state index contributed by atoms with van der Waals surface area (Å²) in [6, 6.07) is 0. The average Bonchev–Trinajstić information content (AvgIpc) is 2.43. The fourth-order valence-corrected chi connectivity index (χ4v) is 5.28. The summed E-state index contributed by atoms with van der Waals surface area (Å²) in [5, 5.41) is 0. The molecule has 0 bridgehead atoms. The average molecular weight is 302 g/mol. The highest BCUT2D eigenvalue weighted by atomic mass is 16.5. The number of carbonyl (C=O) groups excluding carboxylic acids is 2. The van der Waals surface area contributed by atoms with Gasteiger partial charge in [-0.1, -0.05) is 38.8 Å². The summed E-state index contributed by atoms with van der Waals surface area (Å²) in [6.07, 6.45) is 6.19. The molecule has 0 amide bonds. The summed E-state index contributed by atoms with van der Waals surface area (Å²) in [7, 11) is 1.49. The van der Waals surface area contributed by atoms with Crippen LogP contribution in [-0.2, 0) is 14.3 Å². The molecule has 22 heavy (non-hydrogen) atoms. The number of Topliss-reactive ketones (excluding diaryl/α,β-unsaturated/α-hetero) is 2. The van der Waals surface area contributed by atoms with Crippen LogP contribution in [0.4, 0.5) is 0 Å². The van der Waals surface area contributed by atoms with Crippen molar-refractivity contribution in [2.45, 2.75) is 53.4 Å². The molecule has 0 N–H and O–H groups in total. The Morgan fingerprint density at radius 2 is 1.82 bits per heavy atom. The predicted octanol–water partition coefficient (Wildman–Crippen LogP) is 3.84. The Morgan fingerprint density at radius 1 is 1.14 bits per heavy atom. The molecule has 3 rings (SSSR count). The Bertz CT molecular complexity index is 608. The van der Waals surface area contributed by atoms with E-state index in [4.69, 9.17) is 4.74 Å². The second kappa shape index (κ2) is 4.81. The quantitative estimate of drug-likeness (QED) is 0.691. The Kier molecular flexibility index (Phi) is 3.39. The van der Waals surface area contributed by atoms with Crippen LogP contribution in [0.25, 0.3) is 0 Å². The number of carbonyl (C=O) groups is 2. The molecule has 3 aliphatic rings. The van der Waals surface area contributed by atoms with E-state index in [1.807, 2.05) is 0 Å². The highest BCUT2D eigenvalue weighted by Crippen LogP contribution is 2.60. The van der Waals surface area contributed by atoms with E-state index in [9.17, 15) is 9.59 Å². The third kappa shape index (κ3) is 1.87. The van der Waals surface area contributed by atoms with Crippen LogP contribution in [-0.4, -0.2) is 18.7 Å². The molecule has 0 aromatic heterocycles. The first-order valence-electron chi connectivity index (χ1n) is 8.28. The highest BCUT2D eigenvalue weighted by molar-refractivity contribution is 6.13. The van der Waals surface area contributed by atoms with Crippen molar-refractivity contribution in [2.24, 2.45) is 22.7 Å². The van der Waals surface area contributed by atoms with Crippen molar-refractivity contribution in [3.8, 4) is 0 Å². The van der Waals surface area contributed by atoms with Gasteiger partial charge in [-0.15, -0.1) is 0 Å². The lowest BCUT2D eigenvalue weighted by atomic mass is 9.48. The lowest BCUT2D eigenvalue weighted by Gasteiger charge is -2.54. The summed E-state index contributed by atoms with van der Waals surface area (Å²) in [5.74, 6) is -0.0363. The van der Waals surface area contributed by atoms with Crippen molar-refractivity contribution in [1.82, 2.24) is 0 Å². The largest absolute Gasteiger partial charge is 0.493 e. The molecule has 3 atom stereocenters. The van der Waals surface area contributed by atoms with Crippen LogP contribution >= 0.6 is 0 Å². The smallest absolute Gasteiger partial charge is 0.201 e. The van der Waals surface area contributed by atoms with Crippen LogP contribution in [0.1, 0.15) is 53.4 Å².